The van der Waals surface area contributed by atoms with Crippen LogP contribution in [-0.4, -0.2) is 18.9 Å². The lowest BCUT2D eigenvalue weighted by atomic mass is 10.3. The number of rotatable bonds is 3. The molecule has 1 aliphatic rings. The number of carbonyl (C=O) groups is 1. The molecule has 106 valence electrons. The number of hydrogen-bond acceptors (Lipinski definition) is 4. The molecule has 0 spiro atoms. The molecule has 0 saturated heterocycles. The summed E-state index contributed by atoms with van der Waals surface area (Å²) < 4.78 is 5.11. The Hall–Kier alpha value is -2.82. The molecule has 0 saturated carbocycles. The number of nitrogens with zero attached hydrogens (tertiary/aromatic N) is 2. The molecule has 5 nitrogen and oxygen atoms in total. The van der Waals surface area contributed by atoms with Crippen molar-refractivity contribution in [3.05, 3.63) is 54.6 Å². The number of amidine groups is 1. The van der Waals surface area contributed by atoms with Crippen LogP contribution in [-0.2, 0) is 4.79 Å². The Morgan fingerprint density at radius 2 is 1.81 bits per heavy atom. The molecule has 0 aromatic heterocycles. The van der Waals surface area contributed by atoms with Gasteiger partial charge in [-0.3, -0.25) is 4.79 Å². The van der Waals surface area contributed by atoms with Crippen LogP contribution >= 0.6 is 0 Å². The minimum Gasteiger partial charge on any atom is -0.497 e. The Morgan fingerprint density at radius 1 is 1.10 bits per heavy atom. The Bertz CT molecular complexity index is 666. The first-order valence-electron chi connectivity index (χ1n) is 6.63. The molecule has 0 aliphatic carbocycles. The van der Waals surface area contributed by atoms with Crippen molar-refractivity contribution in [3.63, 3.8) is 0 Å². The highest BCUT2D eigenvalue weighted by Gasteiger charge is 2.25. The summed E-state index contributed by atoms with van der Waals surface area (Å²) in [7, 11) is 1.62. The van der Waals surface area contributed by atoms with E-state index in [4.69, 9.17) is 4.74 Å². The number of para-hydroxylation sites is 1. The average molecular weight is 281 g/mol. The fourth-order valence-electron chi connectivity index (χ4n) is 2.11. The van der Waals surface area contributed by atoms with Gasteiger partial charge in [0.25, 0.3) is 5.91 Å². The third-order valence-corrected chi connectivity index (χ3v) is 3.16. The van der Waals surface area contributed by atoms with E-state index in [-0.39, 0.29) is 12.3 Å². The summed E-state index contributed by atoms with van der Waals surface area (Å²) in [4.78, 5) is 12.0. The quantitative estimate of drug-likeness (QED) is 0.941. The summed E-state index contributed by atoms with van der Waals surface area (Å²) in [5.74, 6) is 1.38. The normalized spacial score (nSPS) is 14.0. The number of anilines is 2. The molecule has 0 bridgehead atoms. The van der Waals surface area contributed by atoms with E-state index in [1.54, 1.807) is 7.11 Å². The molecule has 1 heterocycles. The molecule has 0 atom stereocenters. The molecule has 3 rings (SSSR count). The minimum absolute atomic E-state index is 0.0442. The van der Waals surface area contributed by atoms with E-state index in [2.05, 4.69) is 10.4 Å². The zero-order valence-electron chi connectivity index (χ0n) is 11.6. The molecular weight excluding hydrogens is 266 g/mol. The highest BCUT2D eigenvalue weighted by molar-refractivity contribution is 6.16. The molecular formula is C16H15N3O2. The molecule has 2 aromatic rings. The van der Waals surface area contributed by atoms with Gasteiger partial charge in [0.2, 0.25) is 0 Å². The fraction of sp³-hybridized carbons (Fsp3) is 0.125. The zero-order chi connectivity index (χ0) is 14.7. The number of hydrogen-bond donors (Lipinski definition) is 1. The highest BCUT2D eigenvalue weighted by atomic mass is 16.5. The predicted molar refractivity (Wildman–Crippen MR) is 82.6 cm³/mol. The maximum absolute atomic E-state index is 12.0. The fourth-order valence-corrected chi connectivity index (χ4v) is 2.11. The number of methoxy groups -OCH3 is 1. The molecule has 0 radical (unpaired) electrons. The van der Waals surface area contributed by atoms with E-state index in [1.165, 1.54) is 5.01 Å². The molecule has 1 N–H and O–H groups in total. The van der Waals surface area contributed by atoms with Crippen LogP contribution in [0.3, 0.4) is 0 Å². The Labute approximate surface area is 122 Å². The monoisotopic (exact) mass is 281 g/mol. The van der Waals surface area contributed by atoms with E-state index in [9.17, 15) is 4.79 Å². The Morgan fingerprint density at radius 3 is 2.48 bits per heavy atom. The molecule has 21 heavy (non-hydrogen) atoms. The standard InChI is InChI=1S/C16H15N3O2/c1-21-14-9-7-12(8-10-14)17-15-11-16(20)19(18-15)13-5-3-2-4-6-13/h2-10H,11H2,1H3,(H,17,18). The predicted octanol–water partition coefficient (Wildman–Crippen LogP) is 2.86. The molecule has 1 aliphatic heterocycles. The van der Waals surface area contributed by atoms with E-state index >= 15 is 0 Å². The van der Waals surface area contributed by atoms with Gasteiger partial charge in [0.1, 0.15) is 11.6 Å². The van der Waals surface area contributed by atoms with Crippen LogP contribution in [0.5, 0.6) is 5.75 Å². The first-order chi connectivity index (χ1) is 10.3. The Kier molecular flexibility index (Phi) is 3.55. The molecule has 1 amide bonds. The number of ether oxygens (including phenoxy) is 1. The van der Waals surface area contributed by atoms with Crippen molar-refractivity contribution >= 4 is 23.1 Å². The van der Waals surface area contributed by atoms with Crippen molar-refractivity contribution in [2.45, 2.75) is 6.42 Å². The van der Waals surface area contributed by atoms with Gasteiger partial charge in [-0.2, -0.15) is 10.1 Å². The summed E-state index contributed by atoms with van der Waals surface area (Å²) in [5.41, 5.74) is 1.64. The smallest absolute Gasteiger partial charge is 0.255 e. The van der Waals surface area contributed by atoms with Crippen molar-refractivity contribution in [2.75, 3.05) is 17.4 Å². The number of hydrazone groups is 1. The molecule has 2 aromatic carbocycles. The number of carbonyl (C=O) groups excluding carboxylic acids is 1. The number of amides is 1. The third-order valence-electron chi connectivity index (χ3n) is 3.16. The largest absolute Gasteiger partial charge is 0.497 e. The zero-order valence-corrected chi connectivity index (χ0v) is 11.6. The van der Waals surface area contributed by atoms with Crippen LogP contribution in [0.25, 0.3) is 0 Å². The van der Waals surface area contributed by atoms with Crippen molar-refractivity contribution < 1.29 is 9.53 Å². The second-order valence-corrected chi connectivity index (χ2v) is 4.62. The van der Waals surface area contributed by atoms with Gasteiger partial charge in [0, 0.05) is 5.69 Å². The molecule has 5 heteroatoms. The lowest BCUT2D eigenvalue weighted by molar-refractivity contribution is -0.116. The van der Waals surface area contributed by atoms with E-state index in [0.717, 1.165) is 17.1 Å². The number of nitrogens with one attached hydrogen (secondary N) is 1. The van der Waals surface area contributed by atoms with Gasteiger partial charge in [0.15, 0.2) is 0 Å². The van der Waals surface area contributed by atoms with E-state index in [0.29, 0.717) is 5.84 Å². The topological polar surface area (TPSA) is 53.9 Å². The van der Waals surface area contributed by atoms with E-state index < -0.39 is 0 Å². The van der Waals surface area contributed by atoms with Gasteiger partial charge in [-0.25, -0.2) is 0 Å². The van der Waals surface area contributed by atoms with Gasteiger partial charge in [-0.05, 0) is 36.4 Å². The van der Waals surface area contributed by atoms with Crippen LogP contribution in [0.2, 0.25) is 0 Å². The average Bonchev–Trinajstić information content (AvgIpc) is 2.89. The minimum atomic E-state index is -0.0442. The van der Waals surface area contributed by atoms with Crippen LogP contribution in [0, 0.1) is 0 Å². The van der Waals surface area contributed by atoms with Crippen molar-refractivity contribution in [2.24, 2.45) is 5.10 Å². The second kappa shape index (κ2) is 5.66. The van der Waals surface area contributed by atoms with Gasteiger partial charge in [0.05, 0.1) is 19.2 Å². The van der Waals surface area contributed by atoms with Crippen LogP contribution in [0.4, 0.5) is 11.4 Å². The van der Waals surface area contributed by atoms with Crippen LogP contribution < -0.4 is 15.1 Å². The molecule has 0 unspecified atom stereocenters. The first kappa shape index (κ1) is 13.2. The van der Waals surface area contributed by atoms with Gasteiger partial charge >= 0.3 is 0 Å². The lowest BCUT2D eigenvalue weighted by Gasteiger charge is -2.10. The Balaban J connectivity index is 1.75. The van der Waals surface area contributed by atoms with Crippen LogP contribution in [0.1, 0.15) is 6.42 Å². The second-order valence-electron chi connectivity index (χ2n) is 4.62. The molecule has 0 fully saturated rings. The van der Waals surface area contributed by atoms with Crippen molar-refractivity contribution in [1.82, 2.24) is 0 Å². The van der Waals surface area contributed by atoms with Gasteiger partial charge in [-0.15, -0.1) is 0 Å². The SMILES string of the molecule is COc1ccc(NC2=NN(c3ccccc3)C(=O)C2)cc1. The summed E-state index contributed by atoms with van der Waals surface area (Å²) in [5, 5.41) is 8.91. The maximum Gasteiger partial charge on any atom is 0.255 e. The summed E-state index contributed by atoms with van der Waals surface area (Å²) in [6.07, 6.45) is 0.265. The van der Waals surface area contributed by atoms with Crippen LogP contribution in [0.15, 0.2) is 59.7 Å². The van der Waals surface area contributed by atoms with Crippen molar-refractivity contribution in [1.29, 1.82) is 0 Å². The maximum atomic E-state index is 12.0. The van der Waals surface area contributed by atoms with Gasteiger partial charge in [-0.1, -0.05) is 18.2 Å². The lowest BCUT2D eigenvalue weighted by Crippen LogP contribution is -2.19. The summed E-state index contributed by atoms with van der Waals surface area (Å²) >= 11 is 0. The van der Waals surface area contributed by atoms with Gasteiger partial charge < -0.3 is 10.1 Å². The summed E-state index contributed by atoms with van der Waals surface area (Å²) in [6.45, 7) is 0. The van der Waals surface area contributed by atoms with E-state index in [1.807, 2.05) is 54.6 Å². The third kappa shape index (κ3) is 2.86. The first-order valence-corrected chi connectivity index (χ1v) is 6.63. The highest BCUT2D eigenvalue weighted by Crippen LogP contribution is 2.21. The summed E-state index contributed by atoms with van der Waals surface area (Å²) in [6, 6.07) is 16.9. The van der Waals surface area contributed by atoms with Crippen molar-refractivity contribution in [3.8, 4) is 5.75 Å². The number of benzene rings is 2.